The topological polar surface area (TPSA) is 58.4 Å². The highest BCUT2D eigenvalue weighted by Crippen LogP contribution is 2.36. The van der Waals surface area contributed by atoms with Crippen molar-refractivity contribution in [1.82, 2.24) is 10.2 Å². The zero-order chi connectivity index (χ0) is 14.9. The molecule has 20 heavy (non-hydrogen) atoms. The summed E-state index contributed by atoms with van der Waals surface area (Å²) in [6, 6.07) is 1.43. The number of amides is 1. The SMILES string of the molecule is CC1CC(C)N(C2CCCC(NC(C)C)(C(N)=O)C2)C1. The van der Waals surface area contributed by atoms with Crippen molar-refractivity contribution in [2.45, 2.75) is 83.5 Å². The van der Waals surface area contributed by atoms with E-state index in [9.17, 15) is 4.79 Å². The molecule has 2 rings (SSSR count). The normalized spacial score (nSPS) is 39.4. The number of carbonyl (C=O) groups is 1. The largest absolute Gasteiger partial charge is 0.368 e. The summed E-state index contributed by atoms with van der Waals surface area (Å²) in [5.41, 5.74) is 5.26. The summed E-state index contributed by atoms with van der Waals surface area (Å²) in [6.07, 6.45) is 5.32. The van der Waals surface area contributed by atoms with E-state index in [1.54, 1.807) is 0 Å². The van der Waals surface area contributed by atoms with Gasteiger partial charge in [-0.15, -0.1) is 0 Å². The predicted octanol–water partition coefficient (Wildman–Crippen LogP) is 1.88. The highest BCUT2D eigenvalue weighted by molar-refractivity contribution is 5.85. The Morgan fingerprint density at radius 3 is 2.60 bits per heavy atom. The molecule has 0 aromatic rings. The van der Waals surface area contributed by atoms with Gasteiger partial charge in [0, 0.05) is 24.7 Å². The molecular weight excluding hydrogens is 250 g/mol. The van der Waals surface area contributed by atoms with E-state index in [0.29, 0.717) is 12.1 Å². The zero-order valence-corrected chi connectivity index (χ0v) is 13.5. The minimum atomic E-state index is -0.497. The van der Waals surface area contributed by atoms with Crippen LogP contribution in [0.25, 0.3) is 0 Å². The number of rotatable bonds is 4. The highest BCUT2D eigenvalue weighted by atomic mass is 16.1. The van der Waals surface area contributed by atoms with Gasteiger partial charge in [0.1, 0.15) is 0 Å². The minimum absolute atomic E-state index is 0.171. The molecule has 4 unspecified atom stereocenters. The molecule has 4 atom stereocenters. The van der Waals surface area contributed by atoms with Gasteiger partial charge in [-0.25, -0.2) is 0 Å². The second-order valence-electron chi connectivity index (χ2n) is 7.38. The van der Waals surface area contributed by atoms with Gasteiger partial charge in [0.15, 0.2) is 0 Å². The van der Waals surface area contributed by atoms with Gasteiger partial charge >= 0.3 is 0 Å². The van der Waals surface area contributed by atoms with Crippen molar-refractivity contribution in [2.24, 2.45) is 11.7 Å². The summed E-state index contributed by atoms with van der Waals surface area (Å²) in [7, 11) is 0. The molecule has 0 bridgehead atoms. The molecule has 0 radical (unpaired) electrons. The van der Waals surface area contributed by atoms with Crippen molar-refractivity contribution < 1.29 is 4.79 Å². The fraction of sp³-hybridized carbons (Fsp3) is 0.938. The zero-order valence-electron chi connectivity index (χ0n) is 13.5. The van der Waals surface area contributed by atoms with Gasteiger partial charge in [0.25, 0.3) is 0 Å². The maximum absolute atomic E-state index is 12.1. The molecule has 1 saturated heterocycles. The van der Waals surface area contributed by atoms with E-state index in [-0.39, 0.29) is 11.9 Å². The Morgan fingerprint density at radius 1 is 1.40 bits per heavy atom. The third kappa shape index (κ3) is 3.17. The van der Waals surface area contributed by atoms with E-state index in [4.69, 9.17) is 5.73 Å². The standard InChI is InChI=1S/C16H31N3O/c1-11(2)18-16(15(17)20)7-5-6-14(9-16)19-10-12(3)8-13(19)4/h11-14,18H,5-10H2,1-4H3,(H2,17,20). The first-order valence-corrected chi connectivity index (χ1v) is 8.17. The number of hydrogen-bond donors (Lipinski definition) is 2. The van der Waals surface area contributed by atoms with Gasteiger partial charge < -0.3 is 11.1 Å². The second kappa shape index (κ2) is 6.02. The van der Waals surface area contributed by atoms with Gasteiger partial charge in [-0.1, -0.05) is 6.92 Å². The monoisotopic (exact) mass is 281 g/mol. The predicted molar refractivity (Wildman–Crippen MR) is 82.4 cm³/mol. The number of hydrogen-bond acceptors (Lipinski definition) is 3. The fourth-order valence-corrected chi connectivity index (χ4v) is 4.35. The van der Waals surface area contributed by atoms with Crippen LogP contribution < -0.4 is 11.1 Å². The van der Waals surface area contributed by atoms with Crippen molar-refractivity contribution in [3.05, 3.63) is 0 Å². The molecular formula is C16H31N3O. The summed E-state index contributed by atoms with van der Waals surface area (Å²) in [5, 5.41) is 3.47. The average Bonchev–Trinajstić information content (AvgIpc) is 2.67. The van der Waals surface area contributed by atoms with Crippen molar-refractivity contribution in [1.29, 1.82) is 0 Å². The van der Waals surface area contributed by atoms with Crippen LogP contribution in [0.5, 0.6) is 0 Å². The maximum Gasteiger partial charge on any atom is 0.237 e. The van der Waals surface area contributed by atoms with Gasteiger partial charge in [-0.2, -0.15) is 0 Å². The Morgan fingerprint density at radius 2 is 2.10 bits per heavy atom. The molecule has 116 valence electrons. The van der Waals surface area contributed by atoms with Crippen molar-refractivity contribution in [3.63, 3.8) is 0 Å². The molecule has 0 aromatic carbocycles. The summed E-state index contributed by atoms with van der Waals surface area (Å²) < 4.78 is 0. The number of nitrogens with one attached hydrogen (secondary N) is 1. The Bertz CT molecular complexity index is 358. The molecule has 2 aliphatic rings. The van der Waals surface area contributed by atoms with Crippen LogP contribution in [-0.2, 0) is 4.79 Å². The number of nitrogens with zero attached hydrogens (tertiary/aromatic N) is 1. The molecule has 0 spiro atoms. The Kier molecular flexibility index (Phi) is 4.75. The lowest BCUT2D eigenvalue weighted by Crippen LogP contribution is -2.62. The van der Waals surface area contributed by atoms with Crippen molar-refractivity contribution in [2.75, 3.05) is 6.54 Å². The van der Waals surface area contributed by atoms with Crippen molar-refractivity contribution in [3.8, 4) is 0 Å². The Balaban J connectivity index is 2.11. The first-order valence-electron chi connectivity index (χ1n) is 8.17. The van der Waals surface area contributed by atoms with Crippen LogP contribution in [-0.4, -0.2) is 41.0 Å². The number of likely N-dealkylation sites (tertiary alicyclic amines) is 1. The van der Waals surface area contributed by atoms with Crippen molar-refractivity contribution >= 4 is 5.91 Å². The van der Waals surface area contributed by atoms with Crippen LogP contribution in [0.3, 0.4) is 0 Å². The molecule has 1 amide bonds. The molecule has 0 aromatic heterocycles. The number of primary amides is 1. The first kappa shape index (κ1) is 15.8. The molecule has 4 heteroatoms. The third-order valence-electron chi connectivity index (χ3n) is 5.06. The van der Waals surface area contributed by atoms with Crippen LogP contribution in [0.1, 0.15) is 59.8 Å². The summed E-state index contributed by atoms with van der Waals surface area (Å²) in [5.74, 6) is 0.601. The minimum Gasteiger partial charge on any atom is -0.368 e. The number of nitrogens with two attached hydrogens (primary N) is 1. The van der Waals surface area contributed by atoms with E-state index in [0.717, 1.165) is 25.2 Å². The fourth-order valence-electron chi connectivity index (χ4n) is 4.35. The van der Waals surface area contributed by atoms with E-state index in [2.05, 4.69) is 37.9 Å². The van der Waals surface area contributed by atoms with E-state index >= 15 is 0 Å². The van der Waals surface area contributed by atoms with Gasteiger partial charge in [0.2, 0.25) is 5.91 Å². The summed E-state index contributed by atoms with van der Waals surface area (Å²) in [4.78, 5) is 14.7. The lowest BCUT2D eigenvalue weighted by Gasteiger charge is -2.44. The molecule has 1 aliphatic carbocycles. The van der Waals surface area contributed by atoms with Crippen LogP contribution in [0.15, 0.2) is 0 Å². The van der Waals surface area contributed by atoms with E-state index in [1.807, 2.05) is 0 Å². The molecule has 1 saturated carbocycles. The highest BCUT2D eigenvalue weighted by Gasteiger charge is 2.45. The quantitative estimate of drug-likeness (QED) is 0.827. The van der Waals surface area contributed by atoms with Gasteiger partial charge in [-0.3, -0.25) is 9.69 Å². The van der Waals surface area contributed by atoms with E-state index < -0.39 is 5.54 Å². The average molecular weight is 281 g/mol. The Hall–Kier alpha value is -0.610. The van der Waals surface area contributed by atoms with Crippen LogP contribution >= 0.6 is 0 Å². The van der Waals surface area contributed by atoms with Gasteiger partial charge in [0.05, 0.1) is 5.54 Å². The smallest absolute Gasteiger partial charge is 0.237 e. The second-order valence-corrected chi connectivity index (χ2v) is 7.38. The molecule has 1 heterocycles. The van der Waals surface area contributed by atoms with Crippen LogP contribution in [0.4, 0.5) is 0 Å². The van der Waals surface area contributed by atoms with Crippen LogP contribution in [0.2, 0.25) is 0 Å². The Labute approximate surface area is 123 Å². The first-order chi connectivity index (χ1) is 9.34. The lowest BCUT2D eigenvalue weighted by atomic mass is 9.77. The van der Waals surface area contributed by atoms with Crippen LogP contribution in [0, 0.1) is 5.92 Å². The maximum atomic E-state index is 12.1. The molecule has 3 N–H and O–H groups in total. The molecule has 2 fully saturated rings. The number of carbonyl (C=O) groups excluding carboxylic acids is 1. The summed E-state index contributed by atoms with van der Waals surface area (Å²) in [6.45, 7) is 10.00. The summed E-state index contributed by atoms with van der Waals surface area (Å²) >= 11 is 0. The van der Waals surface area contributed by atoms with Gasteiger partial charge in [-0.05, 0) is 58.8 Å². The molecule has 1 aliphatic heterocycles. The third-order valence-corrected chi connectivity index (χ3v) is 5.06. The molecule has 4 nitrogen and oxygen atoms in total. The van der Waals surface area contributed by atoms with E-state index in [1.165, 1.54) is 19.4 Å². The lowest BCUT2D eigenvalue weighted by molar-refractivity contribution is -0.127.